The van der Waals surface area contributed by atoms with Crippen molar-refractivity contribution in [3.63, 3.8) is 0 Å². The van der Waals surface area contributed by atoms with E-state index in [1.165, 1.54) is 37.2 Å². The summed E-state index contributed by atoms with van der Waals surface area (Å²) in [5.41, 5.74) is 11.6. The SMILES string of the molecule is CCOC(=O)[C@H](C)NP(=O)(COC(COc1ccccc1)Cn1c(=O)[nH]c2c(N)nc(OCCOC)nc21)N[C@@H](C)C(=O)OCC.COCCOc1nc(N)c2[nH]c(=O)n(CC(COc3ccccc3)OCP(=O)(O)O)c2n1.O. The fraction of sp³-hybridized carbons (Fsp3) is 0.478. The van der Waals surface area contributed by atoms with Gasteiger partial charge in [0.2, 0.25) is 7.44 Å². The van der Waals surface area contributed by atoms with Crippen LogP contribution in [0, 0.1) is 0 Å². The number of aromatic amines is 2. The van der Waals surface area contributed by atoms with E-state index in [2.05, 4.69) is 40.1 Å². The van der Waals surface area contributed by atoms with Crippen molar-refractivity contribution < 1.29 is 81.4 Å². The number of ether oxygens (including phenoxy) is 10. The number of anilines is 2. The Balaban J connectivity index is 0.000000357. The molecule has 0 radical (unpaired) electrons. The molecule has 0 amide bonds. The van der Waals surface area contributed by atoms with Crippen molar-refractivity contribution in [3.8, 4) is 23.5 Å². The minimum atomic E-state index is -4.45. The fourth-order valence-electron chi connectivity index (χ4n) is 6.88. The molecule has 0 aliphatic heterocycles. The number of carbonyl (C=O) groups excluding carboxylic acids is 2. The summed E-state index contributed by atoms with van der Waals surface area (Å²) in [4.78, 5) is 90.6. The van der Waals surface area contributed by atoms with Gasteiger partial charge in [-0.25, -0.2) is 19.8 Å². The average Bonchev–Trinajstić information content (AvgIpc) is 4.00. The first kappa shape index (κ1) is 64.5. The van der Waals surface area contributed by atoms with Crippen molar-refractivity contribution in [2.45, 2.75) is 65.1 Å². The predicted molar refractivity (Wildman–Crippen MR) is 285 cm³/mol. The van der Waals surface area contributed by atoms with Gasteiger partial charge in [-0.05, 0) is 52.0 Å². The molecule has 2 unspecified atom stereocenters. The second-order valence-electron chi connectivity index (χ2n) is 16.6. The van der Waals surface area contributed by atoms with Gasteiger partial charge < -0.3 is 84.1 Å². The van der Waals surface area contributed by atoms with Gasteiger partial charge in [-0.1, -0.05) is 36.4 Å². The number of para-hydroxylation sites is 2. The molecule has 2 aromatic carbocycles. The quantitative estimate of drug-likeness (QED) is 0.0165. The second-order valence-corrected chi connectivity index (χ2v) is 20.5. The number of rotatable bonds is 32. The van der Waals surface area contributed by atoms with Crippen molar-refractivity contribution in [2.75, 3.05) is 91.2 Å². The first-order chi connectivity index (χ1) is 37.3. The molecule has 0 fully saturated rings. The molecule has 0 aliphatic carbocycles. The summed E-state index contributed by atoms with van der Waals surface area (Å²) >= 11 is 0. The molecule has 436 valence electrons. The maximum absolute atomic E-state index is 14.2. The van der Waals surface area contributed by atoms with E-state index in [-0.39, 0.29) is 111 Å². The molecule has 4 atom stereocenters. The number of carbonyl (C=O) groups is 2. The Morgan fingerprint density at radius 3 is 1.39 bits per heavy atom. The molecule has 12 N–H and O–H groups in total. The number of nitrogens with two attached hydrogens (primary N) is 2. The Kier molecular flexibility index (Phi) is 25.8. The first-order valence-corrected chi connectivity index (χ1v) is 27.8. The van der Waals surface area contributed by atoms with Gasteiger partial charge in [0.1, 0.15) is 85.9 Å². The summed E-state index contributed by atoms with van der Waals surface area (Å²) in [7, 11) is -5.29. The number of hydrogen-bond acceptors (Lipinski definition) is 22. The number of aromatic nitrogens is 8. The number of nitrogens with zero attached hydrogens (tertiary/aromatic N) is 6. The standard InChI is InChI=1S/C28H42N7O10P.C18H24N5O8P.H2O/c1-6-41-25(36)18(3)33-46(39,34-19(4)26(37)42-7-2)17-45-21(16-44-20-11-9-8-10-12-20)15-35-24-22(30-28(35)38)23(29)31-27(32-24)43-14-13-40-5;1-28-7-8-29-17-21-15(19)14-16(22-17)23(18(24)20-14)9-13(31-11-32(25,26)27)10-30-12-5-3-2-4-6-12;/h8-12,18-19,21H,6-7,13-17H2,1-5H3,(H,30,38)(H2,29,31,32)(H2,33,34,39);2-6,13H,7-11H2,1H3,(H,20,24)(H2,19,21,22)(H2,25,26,27);1H2/t18-,19-,21?;;/m0../s1. The number of H-pyrrole nitrogens is 2. The van der Waals surface area contributed by atoms with E-state index in [0.29, 0.717) is 18.1 Å². The molecule has 6 rings (SSSR count). The number of esters is 2. The number of nitrogen functional groups attached to an aromatic ring is 2. The maximum atomic E-state index is 14.2. The number of benzene rings is 2. The van der Waals surface area contributed by atoms with Crippen LogP contribution in [0.25, 0.3) is 22.3 Å². The van der Waals surface area contributed by atoms with Crippen LogP contribution in [0.2, 0.25) is 0 Å². The average molecular weight is 1160 g/mol. The Bertz CT molecular complexity index is 3040. The monoisotopic (exact) mass is 1150 g/mol. The topological polar surface area (TPSA) is 436 Å². The van der Waals surface area contributed by atoms with Gasteiger partial charge in [0, 0.05) is 14.2 Å². The third-order valence-electron chi connectivity index (χ3n) is 10.5. The second kappa shape index (κ2) is 31.5. The zero-order valence-corrected chi connectivity index (χ0v) is 46.0. The van der Waals surface area contributed by atoms with Gasteiger partial charge >= 0.3 is 42.9 Å². The molecule has 4 aromatic heterocycles. The molecule has 31 nitrogen and oxygen atoms in total. The molecular formula is C46H68N12O19P2. The summed E-state index contributed by atoms with van der Waals surface area (Å²) in [6, 6.07) is 15.5. The van der Waals surface area contributed by atoms with Crippen LogP contribution < -0.4 is 52.0 Å². The van der Waals surface area contributed by atoms with Crippen LogP contribution in [0.3, 0.4) is 0 Å². The van der Waals surface area contributed by atoms with Crippen molar-refractivity contribution in [2.24, 2.45) is 0 Å². The van der Waals surface area contributed by atoms with Gasteiger partial charge in [-0.2, -0.15) is 19.9 Å². The number of fused-ring (bicyclic) bond motifs is 2. The zero-order chi connectivity index (χ0) is 56.8. The van der Waals surface area contributed by atoms with Crippen molar-refractivity contribution in [1.82, 2.24) is 49.2 Å². The lowest BCUT2D eigenvalue weighted by atomic mass is 10.3. The van der Waals surface area contributed by atoms with Gasteiger partial charge in [-0.15, -0.1) is 0 Å². The fourth-order valence-corrected chi connectivity index (χ4v) is 9.39. The number of imidazole rings is 2. The van der Waals surface area contributed by atoms with Crippen LogP contribution in [-0.2, 0) is 60.2 Å². The molecule has 0 spiro atoms. The predicted octanol–water partition coefficient (Wildman–Crippen LogP) is 0.926. The van der Waals surface area contributed by atoms with E-state index in [4.69, 9.17) is 58.8 Å². The third-order valence-corrected chi connectivity index (χ3v) is 13.1. The molecule has 0 bridgehead atoms. The highest BCUT2D eigenvalue weighted by Crippen LogP contribution is 2.39. The summed E-state index contributed by atoms with van der Waals surface area (Å²) in [6.45, 7) is 6.92. The molecule has 79 heavy (non-hydrogen) atoms. The van der Waals surface area contributed by atoms with E-state index in [9.17, 15) is 38.1 Å². The van der Waals surface area contributed by atoms with Crippen molar-refractivity contribution in [3.05, 3.63) is 81.6 Å². The van der Waals surface area contributed by atoms with Crippen LogP contribution in [-0.4, -0.2) is 170 Å². The molecule has 0 saturated heterocycles. The maximum Gasteiger partial charge on any atom is 0.350 e. The van der Waals surface area contributed by atoms with Crippen LogP contribution in [0.4, 0.5) is 11.6 Å². The molecule has 4 heterocycles. The Labute approximate surface area is 451 Å². The highest BCUT2D eigenvalue weighted by molar-refractivity contribution is 7.59. The molecular weight excluding hydrogens is 1090 g/mol. The van der Waals surface area contributed by atoms with Crippen LogP contribution >= 0.6 is 15.0 Å². The van der Waals surface area contributed by atoms with E-state index in [0.717, 1.165) is 0 Å². The van der Waals surface area contributed by atoms with Crippen molar-refractivity contribution in [1.29, 1.82) is 0 Å². The molecule has 0 aliphatic rings. The number of nitrogens with one attached hydrogen (secondary N) is 4. The molecule has 33 heteroatoms. The lowest BCUT2D eigenvalue weighted by molar-refractivity contribution is -0.145. The van der Waals surface area contributed by atoms with Crippen LogP contribution in [0.5, 0.6) is 23.5 Å². The summed E-state index contributed by atoms with van der Waals surface area (Å²) in [6.07, 6.45) is -3.18. The highest BCUT2D eigenvalue weighted by Gasteiger charge is 2.34. The van der Waals surface area contributed by atoms with E-state index >= 15 is 0 Å². The lowest BCUT2D eigenvalue weighted by Crippen LogP contribution is -2.43. The minimum Gasteiger partial charge on any atom is -0.491 e. The zero-order valence-electron chi connectivity index (χ0n) is 44.2. The van der Waals surface area contributed by atoms with Crippen molar-refractivity contribution >= 4 is 60.9 Å². The van der Waals surface area contributed by atoms with Gasteiger partial charge in [-0.3, -0.25) is 27.9 Å². The van der Waals surface area contributed by atoms with Gasteiger partial charge in [0.15, 0.2) is 22.9 Å². The molecule has 6 aromatic rings. The highest BCUT2D eigenvalue weighted by atomic mass is 31.2. The minimum absolute atomic E-state index is 0. The normalized spacial score (nSPS) is 13.1. The van der Waals surface area contributed by atoms with E-state index in [1.54, 1.807) is 62.4 Å². The Hall–Kier alpha value is -7.02. The van der Waals surface area contributed by atoms with Gasteiger partial charge in [0.25, 0.3) is 0 Å². The number of hydrogen-bond donors (Lipinski definition) is 8. The smallest absolute Gasteiger partial charge is 0.350 e. The largest absolute Gasteiger partial charge is 0.491 e. The summed E-state index contributed by atoms with van der Waals surface area (Å²) in [5.74, 6) is -0.249. The number of methoxy groups -OCH3 is 2. The molecule has 0 saturated carbocycles. The third kappa shape index (κ3) is 20.3. The Morgan fingerprint density at radius 1 is 0.633 bits per heavy atom. The van der Waals surface area contributed by atoms with Crippen LogP contribution in [0.1, 0.15) is 27.7 Å². The van der Waals surface area contributed by atoms with Crippen LogP contribution in [0.15, 0.2) is 70.3 Å². The van der Waals surface area contributed by atoms with E-state index < -0.39 is 75.3 Å². The van der Waals surface area contributed by atoms with E-state index in [1.807, 2.05) is 12.1 Å². The first-order valence-electron chi connectivity index (χ1n) is 24.1. The lowest BCUT2D eigenvalue weighted by Gasteiger charge is -2.28. The Morgan fingerprint density at radius 2 is 1.03 bits per heavy atom. The van der Waals surface area contributed by atoms with Gasteiger partial charge in [0.05, 0.1) is 39.5 Å². The summed E-state index contributed by atoms with van der Waals surface area (Å²) in [5, 5.41) is 5.46. The summed E-state index contributed by atoms with van der Waals surface area (Å²) < 4.78 is 81.9.